The molecule has 1 aromatic heterocycles. The number of anilines is 1. The van der Waals surface area contributed by atoms with Crippen molar-refractivity contribution in [2.24, 2.45) is 11.1 Å². The fourth-order valence-corrected chi connectivity index (χ4v) is 3.76. The van der Waals surface area contributed by atoms with Crippen molar-refractivity contribution in [1.82, 2.24) is 9.55 Å². The second-order valence-corrected chi connectivity index (χ2v) is 6.66. The highest BCUT2D eigenvalue weighted by molar-refractivity contribution is 5.92. The summed E-state index contributed by atoms with van der Waals surface area (Å²) in [7, 11) is 0. The largest absolute Gasteiger partial charge is 0.330 e. The maximum atomic E-state index is 12.6. The summed E-state index contributed by atoms with van der Waals surface area (Å²) in [4.78, 5) is 17.1. The lowest BCUT2D eigenvalue weighted by Crippen LogP contribution is -2.36. The number of nitrogens with zero attached hydrogens (tertiary/aromatic N) is 2. The molecular weight excluding hydrogens is 288 g/mol. The van der Waals surface area contributed by atoms with Crippen LogP contribution >= 0.6 is 0 Å². The van der Waals surface area contributed by atoms with E-state index in [1.54, 1.807) is 0 Å². The molecule has 23 heavy (non-hydrogen) atoms. The number of para-hydroxylation sites is 2. The van der Waals surface area contributed by atoms with E-state index in [-0.39, 0.29) is 11.3 Å². The van der Waals surface area contributed by atoms with Gasteiger partial charge in [0, 0.05) is 13.0 Å². The molecular formula is C18H26N4O. The molecule has 1 amide bonds. The number of nitrogens with one attached hydrogen (secondary N) is 1. The summed E-state index contributed by atoms with van der Waals surface area (Å²) in [6.07, 6.45) is 6.23. The molecule has 0 radical (unpaired) electrons. The van der Waals surface area contributed by atoms with E-state index in [2.05, 4.69) is 17.2 Å². The first-order valence-corrected chi connectivity index (χ1v) is 8.63. The second kappa shape index (κ2) is 6.71. The summed E-state index contributed by atoms with van der Waals surface area (Å²) in [5.74, 6) is 0.670. The fraction of sp³-hybridized carbons (Fsp3) is 0.556. The third kappa shape index (κ3) is 3.24. The zero-order chi connectivity index (χ0) is 16.3. The molecule has 1 aromatic carbocycles. The number of aryl methyl sites for hydroxylation is 1. The van der Waals surface area contributed by atoms with Gasteiger partial charge in [0.25, 0.3) is 0 Å². The molecule has 1 saturated carbocycles. The number of nitrogens with two attached hydrogens (primary N) is 1. The summed E-state index contributed by atoms with van der Waals surface area (Å²) >= 11 is 0. The molecule has 3 N–H and O–H groups in total. The van der Waals surface area contributed by atoms with E-state index in [0.29, 0.717) is 18.9 Å². The monoisotopic (exact) mass is 314 g/mol. The minimum absolute atomic E-state index is 0.0224. The molecule has 0 spiro atoms. The molecule has 5 heteroatoms. The zero-order valence-electron chi connectivity index (χ0n) is 13.8. The molecule has 0 atom stereocenters. The van der Waals surface area contributed by atoms with Gasteiger partial charge < -0.3 is 10.3 Å². The summed E-state index contributed by atoms with van der Waals surface area (Å²) in [6, 6.07) is 7.96. The average molecular weight is 314 g/mol. The molecule has 2 aromatic rings. The standard InChI is InChI=1S/C18H26N4O/c1-2-22-15-9-5-4-8-14(15)20-17(22)21-16(23)12-18(13-19)10-6-3-7-11-18/h4-5,8-9H,2-3,6-7,10-13,19H2,1H3,(H,20,21,23). The zero-order valence-corrected chi connectivity index (χ0v) is 13.8. The number of fused-ring (bicyclic) bond motifs is 1. The molecule has 0 saturated heterocycles. The summed E-state index contributed by atoms with van der Waals surface area (Å²) in [6.45, 7) is 3.43. The molecule has 5 nitrogen and oxygen atoms in total. The minimum atomic E-state index is -0.0224. The van der Waals surface area contributed by atoms with Crippen molar-refractivity contribution in [1.29, 1.82) is 0 Å². The molecule has 0 unspecified atom stereocenters. The Morgan fingerprint density at radius 2 is 2.04 bits per heavy atom. The Labute approximate surface area is 137 Å². The van der Waals surface area contributed by atoms with Crippen LogP contribution in [0.4, 0.5) is 5.95 Å². The SMILES string of the molecule is CCn1c(NC(=O)CC2(CN)CCCCC2)nc2ccccc21. The van der Waals surface area contributed by atoms with Gasteiger partial charge in [-0.3, -0.25) is 10.1 Å². The molecule has 1 fully saturated rings. The molecule has 3 rings (SSSR count). The fourth-order valence-electron chi connectivity index (χ4n) is 3.76. The Bertz CT molecular complexity index is 685. The summed E-state index contributed by atoms with van der Waals surface area (Å²) < 4.78 is 2.04. The number of imidazole rings is 1. The van der Waals surface area contributed by atoms with Crippen LogP contribution < -0.4 is 11.1 Å². The van der Waals surface area contributed by atoms with E-state index in [9.17, 15) is 4.79 Å². The summed E-state index contributed by atoms with van der Waals surface area (Å²) in [5.41, 5.74) is 7.94. The van der Waals surface area contributed by atoms with Crippen molar-refractivity contribution in [3.8, 4) is 0 Å². The average Bonchev–Trinajstić information content (AvgIpc) is 2.92. The summed E-state index contributed by atoms with van der Waals surface area (Å²) in [5, 5.41) is 3.01. The first-order chi connectivity index (χ1) is 11.2. The molecule has 1 heterocycles. The Kier molecular flexibility index (Phi) is 4.66. The van der Waals surface area contributed by atoms with E-state index in [0.717, 1.165) is 30.4 Å². The van der Waals surface area contributed by atoms with E-state index in [4.69, 9.17) is 5.73 Å². The van der Waals surface area contributed by atoms with Crippen LogP contribution in [0.15, 0.2) is 24.3 Å². The Morgan fingerprint density at radius 3 is 2.74 bits per heavy atom. The second-order valence-electron chi connectivity index (χ2n) is 6.66. The van der Waals surface area contributed by atoms with Crippen molar-refractivity contribution in [2.45, 2.75) is 52.0 Å². The Balaban J connectivity index is 1.77. The number of benzene rings is 1. The van der Waals surface area contributed by atoms with Crippen LogP contribution in [0, 0.1) is 5.41 Å². The number of carbonyl (C=O) groups excluding carboxylic acids is 1. The van der Waals surface area contributed by atoms with Gasteiger partial charge in [0.15, 0.2) is 0 Å². The molecule has 0 bridgehead atoms. The number of amides is 1. The maximum absolute atomic E-state index is 12.6. The number of carbonyl (C=O) groups is 1. The van der Waals surface area contributed by atoms with E-state index < -0.39 is 0 Å². The Morgan fingerprint density at radius 1 is 1.30 bits per heavy atom. The highest BCUT2D eigenvalue weighted by Gasteiger charge is 2.33. The van der Waals surface area contributed by atoms with Crippen molar-refractivity contribution in [2.75, 3.05) is 11.9 Å². The van der Waals surface area contributed by atoms with Gasteiger partial charge in [0.2, 0.25) is 11.9 Å². The lowest BCUT2D eigenvalue weighted by molar-refractivity contribution is -0.118. The Hall–Kier alpha value is -1.88. The van der Waals surface area contributed by atoms with Crippen LogP contribution in [-0.4, -0.2) is 22.0 Å². The number of rotatable bonds is 5. The van der Waals surface area contributed by atoms with Crippen molar-refractivity contribution in [3.05, 3.63) is 24.3 Å². The highest BCUT2D eigenvalue weighted by Crippen LogP contribution is 2.38. The lowest BCUT2D eigenvalue weighted by atomic mass is 9.72. The van der Waals surface area contributed by atoms with E-state index in [1.165, 1.54) is 19.3 Å². The number of hydrogen-bond acceptors (Lipinski definition) is 3. The third-order valence-electron chi connectivity index (χ3n) is 5.10. The smallest absolute Gasteiger partial charge is 0.227 e. The van der Waals surface area contributed by atoms with Crippen LogP contribution in [0.25, 0.3) is 11.0 Å². The van der Waals surface area contributed by atoms with Gasteiger partial charge in [0.05, 0.1) is 11.0 Å². The molecule has 0 aliphatic heterocycles. The number of aromatic nitrogens is 2. The molecule has 1 aliphatic rings. The first kappa shape index (κ1) is 16.0. The van der Waals surface area contributed by atoms with Crippen LogP contribution in [0.5, 0.6) is 0 Å². The van der Waals surface area contributed by atoms with Gasteiger partial charge in [-0.05, 0) is 43.9 Å². The van der Waals surface area contributed by atoms with Crippen LogP contribution in [0.1, 0.15) is 45.4 Å². The predicted octanol–water partition coefficient (Wildman–Crippen LogP) is 3.29. The predicted molar refractivity (Wildman–Crippen MR) is 93.2 cm³/mol. The highest BCUT2D eigenvalue weighted by atomic mass is 16.1. The van der Waals surface area contributed by atoms with E-state index in [1.807, 2.05) is 28.8 Å². The van der Waals surface area contributed by atoms with Crippen LogP contribution in [-0.2, 0) is 11.3 Å². The van der Waals surface area contributed by atoms with Crippen molar-refractivity contribution >= 4 is 22.9 Å². The molecule has 124 valence electrons. The van der Waals surface area contributed by atoms with Gasteiger partial charge >= 0.3 is 0 Å². The van der Waals surface area contributed by atoms with Gasteiger partial charge in [-0.2, -0.15) is 0 Å². The topological polar surface area (TPSA) is 72.9 Å². The molecule has 1 aliphatic carbocycles. The lowest BCUT2D eigenvalue weighted by Gasteiger charge is -2.35. The minimum Gasteiger partial charge on any atom is -0.330 e. The van der Waals surface area contributed by atoms with E-state index >= 15 is 0 Å². The normalized spacial score (nSPS) is 17.3. The quantitative estimate of drug-likeness (QED) is 0.889. The van der Waals surface area contributed by atoms with Crippen LogP contribution in [0.3, 0.4) is 0 Å². The van der Waals surface area contributed by atoms with Crippen LogP contribution in [0.2, 0.25) is 0 Å². The number of hydrogen-bond donors (Lipinski definition) is 2. The van der Waals surface area contributed by atoms with Gasteiger partial charge in [-0.25, -0.2) is 4.98 Å². The van der Waals surface area contributed by atoms with Gasteiger partial charge in [0.1, 0.15) is 0 Å². The van der Waals surface area contributed by atoms with Crippen molar-refractivity contribution in [3.63, 3.8) is 0 Å². The third-order valence-corrected chi connectivity index (χ3v) is 5.10. The van der Waals surface area contributed by atoms with Gasteiger partial charge in [-0.1, -0.05) is 31.4 Å². The van der Waals surface area contributed by atoms with Crippen molar-refractivity contribution < 1.29 is 4.79 Å². The maximum Gasteiger partial charge on any atom is 0.227 e. The first-order valence-electron chi connectivity index (χ1n) is 8.63. The van der Waals surface area contributed by atoms with Gasteiger partial charge in [-0.15, -0.1) is 0 Å².